The van der Waals surface area contributed by atoms with Gasteiger partial charge in [-0.1, -0.05) is 34.6 Å². The van der Waals surface area contributed by atoms with Gasteiger partial charge in [0.15, 0.2) is 0 Å². The lowest BCUT2D eigenvalue weighted by molar-refractivity contribution is 0.211. The van der Waals surface area contributed by atoms with Gasteiger partial charge in [0.25, 0.3) is 0 Å². The molecule has 0 saturated heterocycles. The zero-order valence-corrected chi connectivity index (χ0v) is 11.4. The average molecular weight is 199 g/mol. The number of hydrogen-bond donors (Lipinski definition) is 1. The maximum atomic E-state index is 3.71. The van der Waals surface area contributed by atoms with E-state index in [4.69, 9.17) is 0 Å². The Morgan fingerprint density at radius 1 is 0.929 bits per heavy atom. The van der Waals surface area contributed by atoms with Crippen molar-refractivity contribution < 1.29 is 0 Å². The largest absolute Gasteiger partial charge is 0.309 e. The molecule has 1 unspecified atom stereocenters. The molecule has 0 radical (unpaired) electrons. The van der Waals surface area contributed by atoms with E-state index >= 15 is 0 Å². The Labute approximate surface area is 90.7 Å². The Balaban J connectivity index is 4.20. The van der Waals surface area contributed by atoms with Gasteiger partial charge in [-0.15, -0.1) is 0 Å². The molecule has 0 aliphatic carbocycles. The smallest absolute Gasteiger partial charge is 0.0132 e. The van der Waals surface area contributed by atoms with Crippen LogP contribution in [0.3, 0.4) is 0 Å². The third-order valence-electron chi connectivity index (χ3n) is 2.59. The van der Waals surface area contributed by atoms with Crippen molar-refractivity contribution in [1.29, 1.82) is 0 Å². The van der Waals surface area contributed by atoms with Gasteiger partial charge in [-0.3, -0.25) is 0 Å². The maximum absolute atomic E-state index is 3.71. The molecule has 1 atom stereocenters. The van der Waals surface area contributed by atoms with Crippen LogP contribution in [-0.4, -0.2) is 11.6 Å². The van der Waals surface area contributed by atoms with Crippen molar-refractivity contribution in [2.45, 2.75) is 73.4 Å². The van der Waals surface area contributed by atoms with Gasteiger partial charge in [-0.05, 0) is 38.5 Å². The van der Waals surface area contributed by atoms with Crippen LogP contribution in [-0.2, 0) is 0 Å². The molecule has 0 fully saturated rings. The molecule has 0 aliphatic heterocycles. The Hall–Kier alpha value is -0.0400. The first-order valence-electron chi connectivity index (χ1n) is 5.81. The lowest BCUT2D eigenvalue weighted by Gasteiger charge is -2.37. The summed E-state index contributed by atoms with van der Waals surface area (Å²) in [5.41, 5.74) is 0.634. The first-order valence-corrected chi connectivity index (χ1v) is 5.81. The highest BCUT2D eigenvalue weighted by atomic mass is 15.0. The van der Waals surface area contributed by atoms with Crippen LogP contribution in [0.1, 0.15) is 61.8 Å². The summed E-state index contributed by atoms with van der Waals surface area (Å²) in [6, 6.07) is 0.590. The highest BCUT2D eigenvalue weighted by molar-refractivity contribution is 4.86. The molecule has 0 heterocycles. The van der Waals surface area contributed by atoms with Crippen LogP contribution in [0.4, 0.5) is 0 Å². The summed E-state index contributed by atoms with van der Waals surface area (Å²) >= 11 is 0. The van der Waals surface area contributed by atoms with Crippen molar-refractivity contribution in [3.8, 4) is 0 Å². The molecule has 0 saturated carbocycles. The molecule has 0 aromatic carbocycles. The standard InChI is InChI=1S/C13H29N/c1-10(2)11(3)14-13(7,8)9-12(4,5)6/h10-11,14H,9H2,1-8H3. The lowest BCUT2D eigenvalue weighted by atomic mass is 9.81. The molecule has 0 aromatic heterocycles. The monoisotopic (exact) mass is 199 g/mol. The Bertz CT molecular complexity index is 163. The number of nitrogens with one attached hydrogen (secondary N) is 1. The fraction of sp³-hybridized carbons (Fsp3) is 1.00. The second kappa shape index (κ2) is 4.65. The van der Waals surface area contributed by atoms with Crippen LogP contribution in [0.5, 0.6) is 0 Å². The number of rotatable bonds is 4. The summed E-state index contributed by atoms with van der Waals surface area (Å²) in [6.07, 6.45) is 1.21. The van der Waals surface area contributed by atoms with E-state index in [-0.39, 0.29) is 5.54 Å². The molecule has 0 amide bonds. The third kappa shape index (κ3) is 6.42. The minimum absolute atomic E-state index is 0.238. The maximum Gasteiger partial charge on any atom is 0.0132 e. The molecule has 1 N–H and O–H groups in total. The second-order valence-electron chi connectivity index (χ2n) is 6.80. The molecule has 1 heteroatoms. The molecule has 86 valence electrons. The van der Waals surface area contributed by atoms with Gasteiger partial charge in [0.1, 0.15) is 0 Å². The van der Waals surface area contributed by atoms with Gasteiger partial charge in [-0.2, -0.15) is 0 Å². The van der Waals surface area contributed by atoms with E-state index in [0.717, 1.165) is 0 Å². The zero-order chi connectivity index (χ0) is 11.6. The van der Waals surface area contributed by atoms with Crippen molar-refractivity contribution >= 4 is 0 Å². The highest BCUT2D eigenvalue weighted by Crippen LogP contribution is 2.27. The van der Waals surface area contributed by atoms with E-state index in [1.807, 2.05) is 0 Å². The minimum atomic E-state index is 0.238. The topological polar surface area (TPSA) is 12.0 Å². The highest BCUT2D eigenvalue weighted by Gasteiger charge is 2.26. The Morgan fingerprint density at radius 2 is 1.36 bits per heavy atom. The van der Waals surface area contributed by atoms with E-state index in [9.17, 15) is 0 Å². The summed E-state index contributed by atoms with van der Waals surface area (Å²) in [6.45, 7) is 18.3. The summed E-state index contributed by atoms with van der Waals surface area (Å²) in [4.78, 5) is 0. The third-order valence-corrected chi connectivity index (χ3v) is 2.59. The van der Waals surface area contributed by atoms with Crippen LogP contribution in [0.25, 0.3) is 0 Å². The van der Waals surface area contributed by atoms with Crippen molar-refractivity contribution in [2.75, 3.05) is 0 Å². The Morgan fingerprint density at radius 3 is 1.64 bits per heavy atom. The normalized spacial score (nSPS) is 16.1. The van der Waals surface area contributed by atoms with Crippen molar-refractivity contribution in [1.82, 2.24) is 5.32 Å². The predicted molar refractivity (Wildman–Crippen MR) is 65.6 cm³/mol. The van der Waals surface area contributed by atoms with Gasteiger partial charge in [0.05, 0.1) is 0 Å². The fourth-order valence-electron chi connectivity index (χ4n) is 2.16. The van der Waals surface area contributed by atoms with E-state index in [0.29, 0.717) is 17.4 Å². The Kier molecular flexibility index (Phi) is 4.64. The molecular formula is C13H29N. The molecule has 14 heavy (non-hydrogen) atoms. The lowest BCUT2D eigenvalue weighted by Crippen LogP contribution is -2.48. The number of hydrogen-bond acceptors (Lipinski definition) is 1. The van der Waals surface area contributed by atoms with Crippen LogP contribution in [0.2, 0.25) is 0 Å². The quantitative estimate of drug-likeness (QED) is 0.725. The van der Waals surface area contributed by atoms with Gasteiger partial charge < -0.3 is 5.32 Å². The summed E-state index contributed by atoms with van der Waals surface area (Å²) in [7, 11) is 0. The molecule has 0 aromatic rings. The summed E-state index contributed by atoms with van der Waals surface area (Å²) in [5, 5.41) is 3.71. The predicted octanol–water partition coefficient (Wildman–Crippen LogP) is 3.84. The molecule has 0 rings (SSSR count). The van der Waals surface area contributed by atoms with Crippen molar-refractivity contribution in [2.24, 2.45) is 11.3 Å². The van der Waals surface area contributed by atoms with Crippen LogP contribution < -0.4 is 5.32 Å². The first-order chi connectivity index (χ1) is 6.03. The van der Waals surface area contributed by atoms with Gasteiger partial charge in [0.2, 0.25) is 0 Å². The molecule has 0 bridgehead atoms. The summed E-state index contributed by atoms with van der Waals surface area (Å²) < 4.78 is 0. The molecule has 0 aliphatic rings. The van der Waals surface area contributed by atoms with E-state index in [1.54, 1.807) is 0 Å². The molecular weight excluding hydrogens is 170 g/mol. The van der Waals surface area contributed by atoms with E-state index in [2.05, 4.69) is 60.7 Å². The van der Waals surface area contributed by atoms with Gasteiger partial charge in [0, 0.05) is 11.6 Å². The first kappa shape index (κ1) is 14.0. The van der Waals surface area contributed by atoms with Gasteiger partial charge in [-0.25, -0.2) is 0 Å². The van der Waals surface area contributed by atoms with Crippen molar-refractivity contribution in [3.63, 3.8) is 0 Å². The average Bonchev–Trinajstić information content (AvgIpc) is 1.78. The molecule has 0 spiro atoms. The SMILES string of the molecule is CC(C)C(C)NC(C)(C)CC(C)(C)C. The fourth-order valence-corrected chi connectivity index (χ4v) is 2.16. The second-order valence-corrected chi connectivity index (χ2v) is 6.80. The van der Waals surface area contributed by atoms with E-state index in [1.165, 1.54) is 6.42 Å². The van der Waals surface area contributed by atoms with E-state index < -0.39 is 0 Å². The van der Waals surface area contributed by atoms with Crippen LogP contribution in [0, 0.1) is 11.3 Å². The minimum Gasteiger partial charge on any atom is -0.309 e. The van der Waals surface area contributed by atoms with Gasteiger partial charge >= 0.3 is 0 Å². The summed E-state index contributed by atoms with van der Waals surface area (Å²) in [5.74, 6) is 0.703. The van der Waals surface area contributed by atoms with Crippen molar-refractivity contribution in [3.05, 3.63) is 0 Å². The zero-order valence-electron chi connectivity index (χ0n) is 11.4. The van der Waals surface area contributed by atoms with Crippen LogP contribution in [0.15, 0.2) is 0 Å². The van der Waals surface area contributed by atoms with Crippen LogP contribution >= 0.6 is 0 Å². The molecule has 1 nitrogen and oxygen atoms in total.